The number of carbonyl (C=O) groups excluding carboxylic acids is 2. The number of benzene rings is 1. The topological polar surface area (TPSA) is 136 Å². The minimum atomic E-state index is -1.04. The molecule has 10 nitrogen and oxygen atoms in total. The summed E-state index contributed by atoms with van der Waals surface area (Å²) in [5, 5.41) is 14.0. The number of aliphatic hydroxyl groups excluding tert-OH is 1. The molecule has 0 saturated carbocycles. The van der Waals surface area contributed by atoms with Crippen molar-refractivity contribution in [2.45, 2.75) is 38.9 Å². The third-order valence-corrected chi connectivity index (χ3v) is 6.53. The van der Waals surface area contributed by atoms with Gasteiger partial charge in [-0.15, -0.1) is 0 Å². The molecule has 190 valence electrons. The van der Waals surface area contributed by atoms with Crippen molar-refractivity contribution in [1.29, 1.82) is 0 Å². The number of fused-ring (bicyclic) bond motifs is 1. The molecule has 1 aliphatic rings. The van der Waals surface area contributed by atoms with Gasteiger partial charge in [-0.1, -0.05) is 36.4 Å². The molecule has 1 fully saturated rings. The molecule has 3 aromatic heterocycles. The highest BCUT2D eigenvalue weighted by Crippen LogP contribution is 2.32. The number of aromatic nitrogens is 4. The van der Waals surface area contributed by atoms with Crippen molar-refractivity contribution in [3.8, 4) is 28.3 Å². The van der Waals surface area contributed by atoms with Gasteiger partial charge in [0.15, 0.2) is 11.4 Å². The van der Waals surface area contributed by atoms with Crippen LogP contribution in [-0.2, 0) is 4.79 Å². The number of ketones is 1. The average molecular weight is 501 g/mol. The second-order valence-corrected chi connectivity index (χ2v) is 9.14. The van der Waals surface area contributed by atoms with E-state index in [1.165, 1.54) is 18.4 Å². The van der Waals surface area contributed by atoms with Gasteiger partial charge in [0, 0.05) is 48.8 Å². The van der Waals surface area contributed by atoms with Crippen LogP contribution < -0.4 is 10.5 Å². The number of piperidine rings is 1. The molecule has 1 amide bonds. The summed E-state index contributed by atoms with van der Waals surface area (Å²) in [6.45, 7) is 3.75. The fourth-order valence-corrected chi connectivity index (χ4v) is 4.56. The van der Waals surface area contributed by atoms with Crippen molar-refractivity contribution in [3.05, 3.63) is 60.4 Å². The van der Waals surface area contributed by atoms with Crippen LogP contribution in [0.1, 0.15) is 37.0 Å². The molecule has 4 heterocycles. The lowest BCUT2D eigenvalue weighted by molar-refractivity contribution is -0.141. The third kappa shape index (κ3) is 4.75. The van der Waals surface area contributed by atoms with Gasteiger partial charge in [-0.3, -0.25) is 14.6 Å². The molecule has 37 heavy (non-hydrogen) atoms. The summed E-state index contributed by atoms with van der Waals surface area (Å²) in [5.74, 6) is -0.292. The fourth-order valence-electron chi connectivity index (χ4n) is 4.56. The van der Waals surface area contributed by atoms with Crippen molar-refractivity contribution in [2.75, 3.05) is 18.8 Å². The Bertz CT molecular complexity index is 1440. The van der Waals surface area contributed by atoms with E-state index in [1.807, 2.05) is 42.5 Å². The van der Waals surface area contributed by atoms with Gasteiger partial charge in [0.1, 0.15) is 23.6 Å². The van der Waals surface area contributed by atoms with Gasteiger partial charge in [-0.2, -0.15) is 14.6 Å². The quantitative estimate of drug-likeness (QED) is 0.386. The van der Waals surface area contributed by atoms with Crippen LogP contribution in [0.15, 0.2) is 54.9 Å². The number of ether oxygens (including phenoxy) is 1. The third-order valence-electron chi connectivity index (χ3n) is 6.53. The predicted molar refractivity (Wildman–Crippen MR) is 138 cm³/mol. The Labute approximate surface area is 213 Å². The van der Waals surface area contributed by atoms with Crippen molar-refractivity contribution in [3.63, 3.8) is 0 Å². The van der Waals surface area contributed by atoms with Crippen molar-refractivity contribution in [2.24, 2.45) is 0 Å². The largest absolute Gasteiger partial charge is 0.474 e. The van der Waals surface area contributed by atoms with Crippen LogP contribution >= 0.6 is 0 Å². The van der Waals surface area contributed by atoms with Gasteiger partial charge in [-0.25, -0.2) is 0 Å². The van der Waals surface area contributed by atoms with Gasteiger partial charge < -0.3 is 20.5 Å². The van der Waals surface area contributed by atoms with Crippen molar-refractivity contribution in [1.82, 2.24) is 24.5 Å². The zero-order valence-corrected chi connectivity index (χ0v) is 20.7. The van der Waals surface area contributed by atoms with Gasteiger partial charge >= 0.3 is 0 Å². The average Bonchev–Trinajstić information content (AvgIpc) is 3.33. The number of nitrogens with zero attached hydrogens (tertiary/aromatic N) is 5. The Kier molecular flexibility index (Phi) is 6.58. The smallest absolute Gasteiger partial charge is 0.251 e. The molecule has 5 rings (SSSR count). The first-order valence-electron chi connectivity index (χ1n) is 12.2. The summed E-state index contributed by atoms with van der Waals surface area (Å²) in [6.07, 6.45) is 3.18. The molecule has 1 aliphatic heterocycles. The number of nitrogen functional groups attached to an aromatic ring is 1. The van der Waals surface area contributed by atoms with Crippen LogP contribution in [0.4, 0.5) is 5.82 Å². The van der Waals surface area contributed by atoms with E-state index in [4.69, 9.17) is 10.5 Å². The summed E-state index contributed by atoms with van der Waals surface area (Å²) in [7, 11) is 0. The maximum atomic E-state index is 12.5. The Morgan fingerprint density at radius 1 is 1.08 bits per heavy atom. The molecule has 0 bridgehead atoms. The number of aliphatic hydroxyl groups is 1. The highest BCUT2D eigenvalue weighted by molar-refractivity contribution is 6.01. The summed E-state index contributed by atoms with van der Waals surface area (Å²) < 4.78 is 7.63. The maximum Gasteiger partial charge on any atom is 0.251 e. The molecule has 1 unspecified atom stereocenters. The molecular weight excluding hydrogens is 472 g/mol. The fraction of sp³-hybridized carbons (Fsp3) is 0.296. The second-order valence-electron chi connectivity index (χ2n) is 9.14. The second kappa shape index (κ2) is 9.98. The number of anilines is 1. The Hall–Kier alpha value is -4.31. The van der Waals surface area contributed by atoms with Gasteiger partial charge in [0.05, 0.1) is 11.9 Å². The van der Waals surface area contributed by atoms with Crippen molar-refractivity contribution >= 4 is 23.2 Å². The minimum Gasteiger partial charge on any atom is -0.474 e. The minimum absolute atomic E-state index is 0.147. The molecule has 0 aliphatic carbocycles. The molecule has 0 spiro atoms. The van der Waals surface area contributed by atoms with E-state index >= 15 is 0 Å². The first kappa shape index (κ1) is 24.4. The molecular formula is C27H28N6O4. The highest BCUT2D eigenvalue weighted by Gasteiger charge is 2.29. The summed E-state index contributed by atoms with van der Waals surface area (Å²) in [4.78, 5) is 35.5. The normalized spacial score (nSPS) is 15.1. The number of amides is 1. The molecule has 10 heteroatoms. The van der Waals surface area contributed by atoms with Crippen LogP contribution in [0, 0.1) is 0 Å². The number of rotatable bonds is 6. The Morgan fingerprint density at radius 3 is 2.43 bits per heavy atom. The van der Waals surface area contributed by atoms with Crippen LogP contribution in [-0.4, -0.2) is 66.6 Å². The molecule has 4 aromatic rings. The van der Waals surface area contributed by atoms with Crippen LogP contribution in [0.3, 0.4) is 0 Å². The van der Waals surface area contributed by atoms with E-state index < -0.39 is 6.10 Å². The van der Waals surface area contributed by atoms with Crippen LogP contribution in [0.5, 0.6) is 5.88 Å². The number of hydrogen-bond donors (Lipinski definition) is 2. The van der Waals surface area contributed by atoms with Crippen LogP contribution in [0.2, 0.25) is 0 Å². The number of pyridine rings is 1. The van der Waals surface area contributed by atoms with E-state index in [2.05, 4.69) is 15.1 Å². The van der Waals surface area contributed by atoms with Gasteiger partial charge in [0.25, 0.3) is 5.91 Å². The zero-order chi connectivity index (χ0) is 26.1. The zero-order valence-electron chi connectivity index (χ0n) is 20.7. The Morgan fingerprint density at radius 2 is 1.81 bits per heavy atom. The van der Waals surface area contributed by atoms with E-state index in [0.717, 1.165) is 16.8 Å². The maximum absolute atomic E-state index is 12.5. The predicted octanol–water partition coefficient (Wildman–Crippen LogP) is 2.99. The number of nitrogens with two attached hydrogens (primary N) is 1. The standard InChI is InChI=1S/C27H28N6O4/c1-16(34)23-24(28)33-25(31-26(23)37-20-10-12-32(13-11-20)27(36)17(2)35)21(15-30-33)19-8-9-22(29-14-19)18-6-4-3-5-7-18/h3-9,14-15,17,20,35H,10-13,28H2,1-2H3. The number of hydrogen-bond acceptors (Lipinski definition) is 8. The highest BCUT2D eigenvalue weighted by atomic mass is 16.5. The lowest BCUT2D eigenvalue weighted by Gasteiger charge is -2.32. The number of carbonyl (C=O) groups is 2. The number of Topliss-reactive ketones (excluding diaryl/α,β-unsaturated/α-hetero) is 1. The number of likely N-dealkylation sites (tertiary alicyclic amines) is 1. The van der Waals surface area contributed by atoms with Crippen molar-refractivity contribution < 1.29 is 19.4 Å². The first-order chi connectivity index (χ1) is 17.8. The molecule has 0 radical (unpaired) electrons. The molecule has 1 atom stereocenters. The first-order valence-corrected chi connectivity index (χ1v) is 12.2. The van der Waals surface area contributed by atoms with E-state index in [1.54, 1.807) is 17.3 Å². The van der Waals surface area contributed by atoms with Gasteiger partial charge in [0.2, 0.25) is 5.88 Å². The molecule has 1 saturated heterocycles. The Balaban J connectivity index is 1.45. The van der Waals surface area contributed by atoms with Crippen LogP contribution in [0.25, 0.3) is 28.0 Å². The summed E-state index contributed by atoms with van der Waals surface area (Å²) in [6, 6.07) is 13.8. The van der Waals surface area contributed by atoms with E-state index in [0.29, 0.717) is 37.1 Å². The summed E-state index contributed by atoms with van der Waals surface area (Å²) >= 11 is 0. The lowest BCUT2D eigenvalue weighted by Crippen LogP contribution is -2.45. The lowest BCUT2D eigenvalue weighted by atomic mass is 10.1. The molecule has 3 N–H and O–H groups in total. The SMILES string of the molecule is CC(=O)c1c(OC2CCN(C(=O)C(C)O)CC2)nc2c(-c3ccc(-c4ccccc4)nc3)cnn2c1N. The van der Waals surface area contributed by atoms with E-state index in [-0.39, 0.29) is 35.1 Å². The van der Waals surface area contributed by atoms with E-state index in [9.17, 15) is 14.7 Å². The monoisotopic (exact) mass is 500 g/mol. The van der Waals surface area contributed by atoms with Gasteiger partial charge in [-0.05, 0) is 19.9 Å². The molecule has 1 aromatic carbocycles. The summed E-state index contributed by atoms with van der Waals surface area (Å²) in [5.41, 5.74) is 10.4.